The van der Waals surface area contributed by atoms with Crippen molar-refractivity contribution >= 4 is 23.2 Å². The predicted octanol–water partition coefficient (Wildman–Crippen LogP) is 4.23. The molecule has 2 aliphatic rings. The number of fused-ring (bicyclic) bond motifs is 2. The molecule has 4 rings (SSSR count). The molecule has 2 N–H and O–H groups in total. The third kappa shape index (κ3) is 3.60. The van der Waals surface area contributed by atoms with Crippen LogP contribution in [0.2, 0.25) is 0 Å². The summed E-state index contributed by atoms with van der Waals surface area (Å²) in [5.74, 6) is 0.665. The molecule has 0 saturated heterocycles. The molecule has 0 aliphatic heterocycles. The largest absolute Gasteiger partial charge is 0.484 e. The van der Waals surface area contributed by atoms with Crippen molar-refractivity contribution in [1.29, 1.82) is 0 Å². The first kappa shape index (κ1) is 20.2. The smallest absolute Gasteiger partial charge is 0.291 e. The number of furan rings is 1. The van der Waals surface area contributed by atoms with E-state index in [2.05, 4.69) is 36.6 Å². The number of nitrogens with one attached hydrogen (secondary N) is 2. The lowest BCUT2D eigenvalue weighted by molar-refractivity contribution is -0.123. The van der Waals surface area contributed by atoms with Crippen LogP contribution >= 0.6 is 0 Å². The van der Waals surface area contributed by atoms with Crippen LogP contribution in [0.15, 0.2) is 52.2 Å². The molecule has 2 unspecified atom stereocenters. The van der Waals surface area contributed by atoms with Gasteiger partial charge >= 0.3 is 0 Å². The Labute approximate surface area is 175 Å². The van der Waals surface area contributed by atoms with Crippen LogP contribution in [0.25, 0.3) is 0 Å². The number of hydrazone groups is 1. The van der Waals surface area contributed by atoms with E-state index in [1.807, 2.05) is 0 Å². The third-order valence-electron chi connectivity index (χ3n) is 7.03. The fraction of sp³-hybridized carbons (Fsp3) is 0.435. The van der Waals surface area contributed by atoms with Gasteiger partial charge in [-0.2, -0.15) is 5.10 Å². The molecular weight excluding hydrogens is 382 g/mol. The molecule has 1 heterocycles. The highest BCUT2D eigenvalue weighted by Gasteiger charge is 2.60. The zero-order valence-corrected chi connectivity index (χ0v) is 17.5. The monoisotopic (exact) mass is 409 g/mol. The van der Waals surface area contributed by atoms with Gasteiger partial charge in [0.1, 0.15) is 5.75 Å². The van der Waals surface area contributed by atoms with E-state index in [4.69, 9.17) is 9.15 Å². The number of ether oxygens (including phenoxy) is 1. The Morgan fingerprint density at radius 2 is 2.07 bits per heavy atom. The summed E-state index contributed by atoms with van der Waals surface area (Å²) in [6.45, 7) is 6.70. The number of rotatable bonds is 6. The van der Waals surface area contributed by atoms with E-state index in [0.717, 1.165) is 18.6 Å². The maximum absolute atomic E-state index is 12.2. The first-order valence-electron chi connectivity index (χ1n) is 10.2. The molecule has 0 spiro atoms. The van der Waals surface area contributed by atoms with Gasteiger partial charge in [-0.1, -0.05) is 26.8 Å². The van der Waals surface area contributed by atoms with Gasteiger partial charge < -0.3 is 14.5 Å². The number of hydrogen-bond donors (Lipinski definition) is 2. The Hall–Kier alpha value is -3.09. The van der Waals surface area contributed by atoms with Gasteiger partial charge in [-0.05, 0) is 54.9 Å². The van der Waals surface area contributed by atoms with Gasteiger partial charge in [0.05, 0.1) is 6.26 Å². The first-order chi connectivity index (χ1) is 14.3. The van der Waals surface area contributed by atoms with Crippen LogP contribution in [0.4, 0.5) is 5.69 Å². The zero-order valence-electron chi connectivity index (χ0n) is 17.5. The van der Waals surface area contributed by atoms with E-state index < -0.39 is 0 Å². The Morgan fingerprint density at radius 3 is 2.73 bits per heavy atom. The van der Waals surface area contributed by atoms with E-state index in [1.54, 1.807) is 36.4 Å². The molecule has 2 atom stereocenters. The van der Waals surface area contributed by atoms with Gasteiger partial charge in [-0.3, -0.25) is 9.59 Å². The molecule has 2 aromatic rings. The topological polar surface area (TPSA) is 92.9 Å². The molecular formula is C23H27N3O4. The molecule has 2 bridgehead atoms. The normalized spacial score (nSPS) is 25.3. The zero-order chi connectivity index (χ0) is 21.4. The molecule has 7 heteroatoms. The minimum absolute atomic E-state index is 0.0480. The Bertz CT molecular complexity index is 980. The minimum atomic E-state index is -0.354. The van der Waals surface area contributed by atoms with Crippen molar-refractivity contribution in [2.75, 3.05) is 11.9 Å². The minimum Gasteiger partial charge on any atom is -0.484 e. The van der Waals surface area contributed by atoms with Crippen LogP contribution in [0.5, 0.6) is 5.75 Å². The van der Waals surface area contributed by atoms with Crippen LogP contribution in [0.3, 0.4) is 0 Å². The second kappa shape index (κ2) is 7.63. The molecule has 2 amide bonds. The van der Waals surface area contributed by atoms with E-state index in [0.29, 0.717) is 17.4 Å². The van der Waals surface area contributed by atoms with Crippen molar-refractivity contribution in [3.05, 3.63) is 48.4 Å². The average molecular weight is 409 g/mol. The molecule has 2 fully saturated rings. The predicted molar refractivity (Wildman–Crippen MR) is 113 cm³/mol. The van der Waals surface area contributed by atoms with E-state index >= 15 is 0 Å². The van der Waals surface area contributed by atoms with Gasteiger partial charge in [0.25, 0.3) is 11.8 Å². The summed E-state index contributed by atoms with van der Waals surface area (Å²) in [7, 11) is 0. The summed E-state index contributed by atoms with van der Waals surface area (Å²) in [6, 6.07) is 10.1. The molecule has 158 valence electrons. The van der Waals surface area contributed by atoms with E-state index in [1.165, 1.54) is 12.7 Å². The van der Waals surface area contributed by atoms with E-state index in [9.17, 15) is 9.59 Å². The maximum atomic E-state index is 12.2. The molecule has 30 heavy (non-hydrogen) atoms. The van der Waals surface area contributed by atoms with Gasteiger partial charge in [0.15, 0.2) is 12.4 Å². The molecule has 1 aromatic carbocycles. The van der Waals surface area contributed by atoms with Crippen LogP contribution in [-0.2, 0) is 4.79 Å². The molecule has 2 aliphatic carbocycles. The fourth-order valence-electron chi connectivity index (χ4n) is 4.67. The van der Waals surface area contributed by atoms with Crippen molar-refractivity contribution in [2.45, 2.75) is 40.0 Å². The average Bonchev–Trinajstić information content (AvgIpc) is 3.37. The van der Waals surface area contributed by atoms with Crippen molar-refractivity contribution in [3.63, 3.8) is 0 Å². The number of hydrogen-bond acceptors (Lipinski definition) is 5. The Morgan fingerprint density at radius 1 is 1.23 bits per heavy atom. The summed E-state index contributed by atoms with van der Waals surface area (Å²) < 4.78 is 10.6. The highest BCUT2D eigenvalue weighted by molar-refractivity contribution is 6.02. The van der Waals surface area contributed by atoms with Gasteiger partial charge in [-0.15, -0.1) is 0 Å². The van der Waals surface area contributed by atoms with Crippen molar-refractivity contribution in [3.8, 4) is 5.75 Å². The lowest BCUT2D eigenvalue weighted by Gasteiger charge is -2.34. The molecule has 7 nitrogen and oxygen atoms in total. The van der Waals surface area contributed by atoms with Crippen molar-refractivity contribution in [2.24, 2.45) is 21.8 Å². The summed E-state index contributed by atoms with van der Waals surface area (Å²) in [5, 5.41) is 7.17. The molecule has 2 saturated carbocycles. The van der Waals surface area contributed by atoms with Gasteiger partial charge in [0.2, 0.25) is 0 Å². The van der Waals surface area contributed by atoms with Crippen molar-refractivity contribution in [1.82, 2.24) is 5.43 Å². The highest BCUT2D eigenvalue weighted by atomic mass is 16.5. The second-order valence-electron chi connectivity index (χ2n) is 8.83. The summed E-state index contributed by atoms with van der Waals surface area (Å²) in [6.07, 6.45) is 4.73. The lowest BCUT2D eigenvalue weighted by atomic mass is 9.70. The Balaban J connectivity index is 1.31. The van der Waals surface area contributed by atoms with Gasteiger partial charge in [0, 0.05) is 22.9 Å². The van der Waals surface area contributed by atoms with Crippen LogP contribution in [0, 0.1) is 16.7 Å². The summed E-state index contributed by atoms with van der Waals surface area (Å²) in [5.41, 5.74) is 4.54. The van der Waals surface area contributed by atoms with Crippen LogP contribution in [0.1, 0.15) is 50.6 Å². The van der Waals surface area contributed by atoms with Crippen molar-refractivity contribution < 1.29 is 18.7 Å². The number of carbonyl (C=O) groups is 2. The first-order valence-corrected chi connectivity index (χ1v) is 10.2. The van der Waals surface area contributed by atoms with Crippen LogP contribution in [-0.4, -0.2) is 24.1 Å². The number of benzene rings is 1. The van der Waals surface area contributed by atoms with Gasteiger partial charge in [-0.25, -0.2) is 5.43 Å². The SMILES string of the molecule is CC12CCC(CC1=NNC(=O)COc1cccc(NC(=O)c3ccco3)c1)C2(C)C. The maximum Gasteiger partial charge on any atom is 0.291 e. The lowest BCUT2D eigenvalue weighted by Crippen LogP contribution is -2.35. The second-order valence-corrected chi connectivity index (χ2v) is 8.83. The fourth-order valence-corrected chi connectivity index (χ4v) is 4.67. The number of amides is 2. The summed E-state index contributed by atoms with van der Waals surface area (Å²) >= 11 is 0. The molecule has 1 aromatic heterocycles. The molecule has 0 radical (unpaired) electrons. The third-order valence-corrected chi connectivity index (χ3v) is 7.03. The number of carbonyl (C=O) groups excluding carboxylic acids is 2. The summed E-state index contributed by atoms with van der Waals surface area (Å²) in [4.78, 5) is 24.3. The standard InChI is InChI=1S/C23H27N3O4/c1-22(2)15-9-10-23(22,3)19(12-15)25-26-20(27)14-30-17-7-4-6-16(13-17)24-21(28)18-8-5-11-29-18/h4-8,11,13,15H,9-10,12,14H2,1-3H3,(H,24,28)(H,26,27). The number of anilines is 1. The highest BCUT2D eigenvalue weighted by Crippen LogP contribution is 2.63. The quantitative estimate of drug-likeness (QED) is 0.698. The van der Waals surface area contributed by atoms with E-state index in [-0.39, 0.29) is 35.0 Å². The number of nitrogens with zero attached hydrogens (tertiary/aromatic N) is 1. The van der Waals surface area contributed by atoms with Crippen LogP contribution < -0.4 is 15.5 Å². The Kier molecular flexibility index (Phi) is 5.13.